The van der Waals surface area contributed by atoms with E-state index in [2.05, 4.69) is 29.1 Å². The molecule has 1 aromatic heterocycles. The van der Waals surface area contributed by atoms with Gasteiger partial charge in [0.15, 0.2) is 0 Å². The van der Waals surface area contributed by atoms with Gasteiger partial charge in [-0.25, -0.2) is 9.97 Å². The maximum atomic E-state index is 5.23. The molecule has 4 heteroatoms. The molecule has 0 bridgehead atoms. The Bertz CT molecular complexity index is 398. The molecule has 2 atom stereocenters. The molecule has 100 valence electrons. The Morgan fingerprint density at radius 1 is 1.17 bits per heavy atom. The minimum absolute atomic E-state index is 0.516. The van der Waals surface area contributed by atoms with Gasteiger partial charge in [-0.2, -0.15) is 0 Å². The second kappa shape index (κ2) is 5.55. The van der Waals surface area contributed by atoms with E-state index >= 15 is 0 Å². The summed E-state index contributed by atoms with van der Waals surface area (Å²) in [4.78, 5) is 8.44. The number of nitrogens with one attached hydrogen (secondary N) is 1. The lowest BCUT2D eigenvalue weighted by atomic mass is 9.80. The van der Waals surface area contributed by atoms with Crippen molar-refractivity contribution in [1.82, 2.24) is 9.97 Å². The predicted molar refractivity (Wildman–Crippen MR) is 72.9 cm³/mol. The zero-order valence-corrected chi connectivity index (χ0v) is 11.7. The lowest BCUT2D eigenvalue weighted by molar-refractivity contribution is 0.280. The number of hydrogen-bond donors (Lipinski definition) is 1. The topological polar surface area (TPSA) is 47.0 Å². The van der Waals surface area contributed by atoms with Crippen LogP contribution in [0.25, 0.3) is 0 Å². The molecule has 4 nitrogen and oxygen atoms in total. The number of hydrogen-bond acceptors (Lipinski definition) is 4. The van der Waals surface area contributed by atoms with Crippen molar-refractivity contribution in [2.75, 3.05) is 12.4 Å². The second-order valence-corrected chi connectivity index (χ2v) is 5.62. The lowest BCUT2D eigenvalue weighted by Crippen LogP contribution is -2.30. The second-order valence-electron chi connectivity index (χ2n) is 5.62. The summed E-state index contributed by atoms with van der Waals surface area (Å²) >= 11 is 0. The zero-order chi connectivity index (χ0) is 13.1. The molecule has 1 aliphatic rings. The van der Waals surface area contributed by atoms with Crippen LogP contribution in [-0.2, 0) is 0 Å². The summed E-state index contributed by atoms with van der Waals surface area (Å²) in [5.41, 5.74) is 0.992. The van der Waals surface area contributed by atoms with Crippen LogP contribution in [0.2, 0.25) is 0 Å². The van der Waals surface area contributed by atoms with Crippen molar-refractivity contribution in [3.8, 4) is 5.88 Å². The number of anilines is 1. The Morgan fingerprint density at radius 3 is 2.44 bits per heavy atom. The Morgan fingerprint density at radius 2 is 1.83 bits per heavy atom. The minimum atomic E-state index is 0.516. The van der Waals surface area contributed by atoms with Crippen LogP contribution >= 0.6 is 0 Å². The quantitative estimate of drug-likeness (QED) is 0.894. The molecule has 0 spiro atoms. The standard InChI is InChI=1S/C14H23N3O/c1-9-5-10(2)7-12(6-9)17-13-11(3)14(18-4)16-8-15-13/h8-10,12H,5-7H2,1-4H3,(H,15,16,17). The van der Waals surface area contributed by atoms with Crippen LogP contribution in [0.5, 0.6) is 5.88 Å². The van der Waals surface area contributed by atoms with Gasteiger partial charge in [-0.15, -0.1) is 0 Å². The van der Waals surface area contributed by atoms with Crippen LogP contribution in [0, 0.1) is 18.8 Å². The molecule has 2 rings (SSSR count). The van der Waals surface area contributed by atoms with Crippen LogP contribution in [0.15, 0.2) is 6.33 Å². The van der Waals surface area contributed by atoms with Gasteiger partial charge < -0.3 is 10.1 Å². The third kappa shape index (κ3) is 2.92. The highest BCUT2D eigenvalue weighted by Gasteiger charge is 2.24. The number of ether oxygens (including phenoxy) is 1. The van der Waals surface area contributed by atoms with Crippen LogP contribution < -0.4 is 10.1 Å². The van der Waals surface area contributed by atoms with Crippen LogP contribution in [0.3, 0.4) is 0 Å². The summed E-state index contributed by atoms with van der Waals surface area (Å²) in [6.07, 6.45) is 5.33. The van der Waals surface area contributed by atoms with Gasteiger partial charge in [0.05, 0.1) is 12.7 Å². The molecular weight excluding hydrogens is 226 g/mol. The van der Waals surface area contributed by atoms with E-state index in [0.29, 0.717) is 11.9 Å². The number of nitrogens with zero attached hydrogens (tertiary/aromatic N) is 2. The molecule has 1 aromatic rings. The normalized spacial score (nSPS) is 27.9. The molecule has 0 aliphatic heterocycles. The van der Waals surface area contributed by atoms with Crippen molar-refractivity contribution in [2.45, 2.75) is 46.1 Å². The third-order valence-corrected chi connectivity index (χ3v) is 3.75. The van der Waals surface area contributed by atoms with E-state index in [1.165, 1.54) is 19.3 Å². The Labute approximate surface area is 109 Å². The molecule has 0 saturated heterocycles. The van der Waals surface area contributed by atoms with Gasteiger partial charge in [0.25, 0.3) is 0 Å². The summed E-state index contributed by atoms with van der Waals surface area (Å²) in [7, 11) is 1.64. The average molecular weight is 249 g/mol. The number of rotatable bonds is 3. The summed E-state index contributed by atoms with van der Waals surface area (Å²) in [6, 6.07) is 0.516. The van der Waals surface area contributed by atoms with E-state index in [1.54, 1.807) is 13.4 Å². The number of aromatic nitrogens is 2. The maximum Gasteiger partial charge on any atom is 0.221 e. The number of methoxy groups -OCH3 is 1. The highest BCUT2D eigenvalue weighted by Crippen LogP contribution is 2.31. The largest absolute Gasteiger partial charge is 0.481 e. The average Bonchev–Trinajstić information content (AvgIpc) is 2.30. The molecule has 1 aliphatic carbocycles. The zero-order valence-electron chi connectivity index (χ0n) is 11.7. The monoisotopic (exact) mass is 249 g/mol. The van der Waals surface area contributed by atoms with E-state index < -0.39 is 0 Å². The Balaban J connectivity index is 2.09. The lowest BCUT2D eigenvalue weighted by Gasteiger charge is -2.32. The summed E-state index contributed by atoms with van der Waals surface area (Å²) in [5, 5.41) is 3.55. The summed E-state index contributed by atoms with van der Waals surface area (Å²) in [6.45, 7) is 6.66. The first-order chi connectivity index (χ1) is 8.60. The first-order valence-corrected chi connectivity index (χ1v) is 6.72. The molecule has 1 N–H and O–H groups in total. The first-order valence-electron chi connectivity index (χ1n) is 6.72. The van der Waals surface area contributed by atoms with Gasteiger partial charge in [-0.05, 0) is 38.0 Å². The molecule has 0 radical (unpaired) electrons. The van der Waals surface area contributed by atoms with Gasteiger partial charge in [-0.1, -0.05) is 13.8 Å². The van der Waals surface area contributed by atoms with Crippen LogP contribution in [-0.4, -0.2) is 23.1 Å². The predicted octanol–water partition coefficient (Wildman–Crippen LogP) is 3.03. The van der Waals surface area contributed by atoms with Gasteiger partial charge in [0.2, 0.25) is 5.88 Å². The SMILES string of the molecule is COc1ncnc(NC2CC(C)CC(C)C2)c1C. The molecule has 1 heterocycles. The smallest absolute Gasteiger partial charge is 0.221 e. The van der Waals surface area contributed by atoms with E-state index in [0.717, 1.165) is 23.2 Å². The van der Waals surface area contributed by atoms with Crippen molar-refractivity contribution in [3.05, 3.63) is 11.9 Å². The molecular formula is C14H23N3O. The van der Waals surface area contributed by atoms with Crippen molar-refractivity contribution >= 4 is 5.82 Å². The van der Waals surface area contributed by atoms with Gasteiger partial charge in [-0.3, -0.25) is 0 Å². The van der Waals surface area contributed by atoms with E-state index in [4.69, 9.17) is 4.74 Å². The van der Waals surface area contributed by atoms with Gasteiger partial charge in [0, 0.05) is 6.04 Å². The van der Waals surface area contributed by atoms with Crippen molar-refractivity contribution in [3.63, 3.8) is 0 Å². The van der Waals surface area contributed by atoms with E-state index in [-0.39, 0.29) is 0 Å². The van der Waals surface area contributed by atoms with E-state index in [1.807, 2.05) is 6.92 Å². The summed E-state index contributed by atoms with van der Waals surface area (Å²) < 4.78 is 5.23. The van der Waals surface area contributed by atoms with Crippen LogP contribution in [0.4, 0.5) is 5.82 Å². The molecule has 2 unspecified atom stereocenters. The maximum absolute atomic E-state index is 5.23. The van der Waals surface area contributed by atoms with Crippen molar-refractivity contribution in [1.29, 1.82) is 0 Å². The molecule has 1 saturated carbocycles. The Hall–Kier alpha value is -1.32. The molecule has 18 heavy (non-hydrogen) atoms. The minimum Gasteiger partial charge on any atom is -0.481 e. The highest BCUT2D eigenvalue weighted by atomic mass is 16.5. The van der Waals surface area contributed by atoms with Crippen molar-refractivity contribution < 1.29 is 4.74 Å². The molecule has 0 aromatic carbocycles. The fourth-order valence-corrected chi connectivity index (χ4v) is 3.04. The molecule has 0 amide bonds. The summed E-state index contributed by atoms with van der Waals surface area (Å²) in [5.74, 6) is 3.14. The van der Waals surface area contributed by atoms with Crippen molar-refractivity contribution in [2.24, 2.45) is 11.8 Å². The van der Waals surface area contributed by atoms with Gasteiger partial charge in [0.1, 0.15) is 12.1 Å². The molecule has 1 fully saturated rings. The van der Waals surface area contributed by atoms with E-state index in [9.17, 15) is 0 Å². The third-order valence-electron chi connectivity index (χ3n) is 3.75. The fraction of sp³-hybridized carbons (Fsp3) is 0.714. The van der Waals surface area contributed by atoms with Crippen LogP contribution in [0.1, 0.15) is 38.7 Å². The fourth-order valence-electron chi connectivity index (χ4n) is 3.04. The highest BCUT2D eigenvalue weighted by molar-refractivity contribution is 5.48. The first kappa shape index (κ1) is 13.1. The van der Waals surface area contributed by atoms with Gasteiger partial charge >= 0.3 is 0 Å². The Kier molecular flexibility index (Phi) is 4.04.